The summed E-state index contributed by atoms with van der Waals surface area (Å²) in [7, 11) is 0. The Balaban J connectivity index is 3.20. The molecular weight excluding hydrogens is 142 g/mol. The van der Waals surface area contributed by atoms with E-state index in [0.29, 0.717) is 5.56 Å². The maximum absolute atomic E-state index is 10.3. The van der Waals surface area contributed by atoms with Gasteiger partial charge in [-0.3, -0.25) is 10.1 Å². The predicted octanol–water partition coefficient (Wildman–Crippen LogP) is 2.09. The lowest BCUT2D eigenvalue weighted by molar-refractivity contribution is -0.385. The number of benzene rings is 1. The minimum absolute atomic E-state index is 0.0793. The lowest BCUT2D eigenvalue weighted by Crippen LogP contribution is -1.91. The van der Waals surface area contributed by atoms with E-state index in [1.165, 1.54) is 6.07 Å². The van der Waals surface area contributed by atoms with Gasteiger partial charge >= 0.3 is 0 Å². The first-order valence-electron chi connectivity index (χ1n) is 3.18. The summed E-state index contributed by atoms with van der Waals surface area (Å²) >= 11 is 0. The summed E-state index contributed by atoms with van der Waals surface area (Å²) in [6.45, 7) is 5.43. The molecule has 0 atom stereocenters. The Morgan fingerprint density at radius 3 is 2.64 bits per heavy atom. The van der Waals surface area contributed by atoms with Crippen LogP contribution in [0.5, 0.6) is 0 Å². The number of aryl methyl sites for hydroxylation is 1. The summed E-state index contributed by atoms with van der Waals surface area (Å²) in [6, 6.07) is 4.86. The number of hydrogen-bond donors (Lipinski definition) is 0. The van der Waals surface area contributed by atoms with Crippen LogP contribution in [0.1, 0.15) is 11.1 Å². The molecule has 0 heterocycles. The van der Waals surface area contributed by atoms with Gasteiger partial charge in [-0.05, 0) is 19.9 Å². The second-order valence-corrected chi connectivity index (χ2v) is 2.39. The highest BCUT2D eigenvalue weighted by molar-refractivity contribution is 5.44. The third-order valence-corrected chi connectivity index (χ3v) is 1.43. The van der Waals surface area contributed by atoms with Crippen molar-refractivity contribution in [2.45, 2.75) is 6.92 Å². The summed E-state index contributed by atoms with van der Waals surface area (Å²) in [5, 5.41) is 10.3. The summed E-state index contributed by atoms with van der Waals surface area (Å²) in [5.74, 6) is 0. The van der Waals surface area contributed by atoms with Gasteiger partial charge < -0.3 is 0 Å². The molecule has 3 heteroatoms. The molecule has 0 aliphatic rings. The molecule has 1 aromatic rings. The van der Waals surface area contributed by atoms with Crippen LogP contribution in [-0.4, -0.2) is 4.92 Å². The smallest absolute Gasteiger partial charge is 0.258 e. The Bertz CT molecular complexity index is 294. The van der Waals surface area contributed by atoms with E-state index in [1.807, 2.05) is 6.92 Å². The molecule has 57 valence electrons. The minimum Gasteiger partial charge on any atom is -0.258 e. The van der Waals surface area contributed by atoms with Gasteiger partial charge in [-0.2, -0.15) is 0 Å². The van der Waals surface area contributed by atoms with Gasteiger partial charge in [0.25, 0.3) is 5.69 Å². The van der Waals surface area contributed by atoms with Crippen molar-refractivity contribution in [1.82, 2.24) is 0 Å². The first kappa shape index (κ1) is 7.72. The molecule has 0 saturated heterocycles. The molecule has 0 amide bonds. The second kappa shape index (κ2) is 2.70. The van der Waals surface area contributed by atoms with E-state index in [-0.39, 0.29) is 5.69 Å². The van der Waals surface area contributed by atoms with E-state index >= 15 is 0 Å². The normalized spacial score (nSPS) is 9.64. The van der Waals surface area contributed by atoms with Gasteiger partial charge in [0, 0.05) is 11.6 Å². The topological polar surface area (TPSA) is 43.1 Å². The summed E-state index contributed by atoms with van der Waals surface area (Å²) in [5.41, 5.74) is 1.53. The van der Waals surface area contributed by atoms with E-state index in [4.69, 9.17) is 0 Å². The molecule has 0 bridgehead atoms. The minimum atomic E-state index is -0.429. The second-order valence-electron chi connectivity index (χ2n) is 2.39. The van der Waals surface area contributed by atoms with E-state index in [0.717, 1.165) is 5.56 Å². The number of nitro benzene ring substituents is 1. The van der Waals surface area contributed by atoms with E-state index in [2.05, 4.69) is 6.92 Å². The fraction of sp³-hybridized carbons (Fsp3) is 0.125. The van der Waals surface area contributed by atoms with Crippen LogP contribution < -0.4 is 0 Å². The lowest BCUT2D eigenvalue weighted by atomic mass is 10.1. The van der Waals surface area contributed by atoms with Gasteiger partial charge in [-0.1, -0.05) is 11.6 Å². The van der Waals surface area contributed by atoms with Crippen LogP contribution >= 0.6 is 0 Å². The van der Waals surface area contributed by atoms with Crippen LogP contribution in [0.4, 0.5) is 5.69 Å². The van der Waals surface area contributed by atoms with Crippen LogP contribution in [0.3, 0.4) is 0 Å². The average molecular weight is 150 g/mol. The fourth-order valence-corrected chi connectivity index (χ4v) is 0.892. The molecule has 0 saturated carbocycles. The molecule has 0 N–H and O–H groups in total. The Morgan fingerprint density at radius 2 is 2.18 bits per heavy atom. The monoisotopic (exact) mass is 150 g/mol. The van der Waals surface area contributed by atoms with Crippen molar-refractivity contribution in [3.63, 3.8) is 0 Å². The Morgan fingerprint density at radius 1 is 1.55 bits per heavy atom. The highest BCUT2D eigenvalue weighted by Crippen LogP contribution is 2.17. The molecule has 1 radical (unpaired) electrons. The van der Waals surface area contributed by atoms with Crippen molar-refractivity contribution in [2.75, 3.05) is 0 Å². The van der Waals surface area contributed by atoms with Gasteiger partial charge in [0.2, 0.25) is 0 Å². The molecule has 0 spiro atoms. The van der Waals surface area contributed by atoms with Crippen LogP contribution in [0.25, 0.3) is 0 Å². The maximum Gasteiger partial charge on any atom is 0.272 e. The van der Waals surface area contributed by atoms with Gasteiger partial charge in [0.05, 0.1) is 4.92 Å². The summed E-state index contributed by atoms with van der Waals surface area (Å²) < 4.78 is 0. The lowest BCUT2D eigenvalue weighted by Gasteiger charge is -1.96. The molecule has 0 aliphatic carbocycles. The average Bonchev–Trinajstić information content (AvgIpc) is 1.85. The van der Waals surface area contributed by atoms with Gasteiger partial charge in [-0.15, -0.1) is 0 Å². The molecule has 11 heavy (non-hydrogen) atoms. The zero-order valence-corrected chi connectivity index (χ0v) is 6.20. The van der Waals surface area contributed by atoms with Crippen LogP contribution in [0.2, 0.25) is 0 Å². The van der Waals surface area contributed by atoms with Gasteiger partial charge in [0.15, 0.2) is 0 Å². The quantitative estimate of drug-likeness (QED) is 0.454. The van der Waals surface area contributed by atoms with Crippen molar-refractivity contribution < 1.29 is 4.92 Å². The third kappa shape index (κ3) is 1.55. The number of nitrogens with zero attached hydrogens (tertiary/aromatic N) is 1. The molecule has 1 aromatic carbocycles. The molecular formula is C8H8NO2. The molecule has 0 aliphatic heterocycles. The molecule has 0 unspecified atom stereocenters. The van der Waals surface area contributed by atoms with Gasteiger partial charge in [0.1, 0.15) is 0 Å². The van der Waals surface area contributed by atoms with Crippen molar-refractivity contribution in [1.29, 1.82) is 0 Å². The van der Waals surface area contributed by atoms with E-state index in [9.17, 15) is 10.1 Å². The number of hydrogen-bond acceptors (Lipinski definition) is 2. The largest absolute Gasteiger partial charge is 0.272 e. The zero-order valence-electron chi connectivity index (χ0n) is 6.20. The zero-order chi connectivity index (χ0) is 8.43. The maximum atomic E-state index is 10.3. The fourth-order valence-electron chi connectivity index (χ4n) is 0.892. The van der Waals surface area contributed by atoms with Crippen LogP contribution in [0, 0.1) is 24.0 Å². The van der Waals surface area contributed by atoms with Crippen LogP contribution in [-0.2, 0) is 0 Å². The van der Waals surface area contributed by atoms with Gasteiger partial charge in [-0.25, -0.2) is 0 Å². The van der Waals surface area contributed by atoms with Crippen LogP contribution in [0.15, 0.2) is 18.2 Å². The predicted molar refractivity (Wildman–Crippen MR) is 42.3 cm³/mol. The molecule has 0 fully saturated rings. The van der Waals surface area contributed by atoms with E-state index in [1.54, 1.807) is 12.1 Å². The van der Waals surface area contributed by atoms with E-state index < -0.39 is 4.92 Å². The van der Waals surface area contributed by atoms with Crippen molar-refractivity contribution in [3.05, 3.63) is 46.4 Å². The standard InChI is InChI=1S/C8H8NO2/c1-6-3-4-8(9(10)11)7(2)5-6/h3-5H,2H2,1H3. The summed E-state index contributed by atoms with van der Waals surface area (Å²) in [6.07, 6.45) is 0. The summed E-state index contributed by atoms with van der Waals surface area (Å²) in [4.78, 5) is 9.87. The number of nitro groups is 1. The van der Waals surface area contributed by atoms with Crippen molar-refractivity contribution in [3.8, 4) is 0 Å². The van der Waals surface area contributed by atoms with Crippen molar-refractivity contribution >= 4 is 5.69 Å². The Kier molecular flexibility index (Phi) is 1.89. The van der Waals surface area contributed by atoms with Crippen molar-refractivity contribution in [2.24, 2.45) is 0 Å². The SMILES string of the molecule is [CH2]c1cc(C)ccc1[N+](=O)[O-]. The molecule has 3 nitrogen and oxygen atoms in total. The first-order chi connectivity index (χ1) is 5.11. The Hall–Kier alpha value is -1.38. The Labute approximate surface area is 64.8 Å². The number of rotatable bonds is 1. The highest BCUT2D eigenvalue weighted by Gasteiger charge is 2.07. The first-order valence-corrected chi connectivity index (χ1v) is 3.18. The highest BCUT2D eigenvalue weighted by atomic mass is 16.6. The molecule has 0 aromatic heterocycles. The molecule has 1 rings (SSSR count). The third-order valence-electron chi connectivity index (χ3n) is 1.43.